The SMILES string of the molecule is CCC(CCN)NC(=O)C1Cc2ccccc2C1. The highest BCUT2D eigenvalue weighted by molar-refractivity contribution is 5.80. The third-order valence-electron chi connectivity index (χ3n) is 3.78. The van der Waals surface area contributed by atoms with E-state index in [1.54, 1.807) is 0 Å². The standard InChI is InChI=1S/C15H22N2O/c1-2-14(7-8-16)17-15(18)13-9-11-5-3-4-6-12(11)10-13/h3-6,13-14H,2,7-10,16H2,1H3,(H,17,18). The maximum atomic E-state index is 12.2. The molecule has 0 saturated carbocycles. The summed E-state index contributed by atoms with van der Waals surface area (Å²) in [6.07, 6.45) is 3.56. The molecule has 0 radical (unpaired) electrons. The first kappa shape index (κ1) is 13.1. The molecular formula is C15H22N2O. The summed E-state index contributed by atoms with van der Waals surface area (Å²) in [5.74, 6) is 0.292. The van der Waals surface area contributed by atoms with Crippen LogP contribution in [0.4, 0.5) is 0 Å². The van der Waals surface area contributed by atoms with Crippen LogP contribution in [-0.2, 0) is 17.6 Å². The van der Waals surface area contributed by atoms with E-state index in [0.29, 0.717) is 6.54 Å². The van der Waals surface area contributed by atoms with Crippen LogP contribution in [0.25, 0.3) is 0 Å². The van der Waals surface area contributed by atoms with Crippen molar-refractivity contribution in [1.82, 2.24) is 5.32 Å². The molecule has 1 aromatic rings. The predicted octanol–water partition coefficient (Wildman–Crippen LogP) is 1.65. The van der Waals surface area contributed by atoms with Crippen LogP contribution in [0, 0.1) is 5.92 Å². The van der Waals surface area contributed by atoms with Crippen LogP contribution >= 0.6 is 0 Å². The molecule has 0 fully saturated rings. The molecule has 3 N–H and O–H groups in total. The van der Waals surface area contributed by atoms with Gasteiger partial charge in [-0.25, -0.2) is 0 Å². The number of nitrogens with two attached hydrogens (primary N) is 1. The van der Waals surface area contributed by atoms with Crippen LogP contribution < -0.4 is 11.1 Å². The topological polar surface area (TPSA) is 55.1 Å². The molecule has 1 atom stereocenters. The van der Waals surface area contributed by atoms with E-state index in [9.17, 15) is 4.79 Å². The van der Waals surface area contributed by atoms with Gasteiger partial charge in [-0.3, -0.25) is 4.79 Å². The molecule has 2 rings (SSSR count). The Hall–Kier alpha value is -1.35. The van der Waals surface area contributed by atoms with Crippen molar-refractivity contribution in [2.45, 2.75) is 38.6 Å². The minimum Gasteiger partial charge on any atom is -0.353 e. The number of fused-ring (bicyclic) bond motifs is 1. The Morgan fingerprint density at radius 1 is 1.39 bits per heavy atom. The average Bonchev–Trinajstić information content (AvgIpc) is 2.82. The number of rotatable bonds is 5. The lowest BCUT2D eigenvalue weighted by molar-refractivity contribution is -0.125. The fraction of sp³-hybridized carbons (Fsp3) is 0.533. The van der Waals surface area contributed by atoms with E-state index < -0.39 is 0 Å². The van der Waals surface area contributed by atoms with E-state index in [-0.39, 0.29) is 17.9 Å². The molecule has 0 saturated heterocycles. The van der Waals surface area contributed by atoms with E-state index in [4.69, 9.17) is 5.73 Å². The minimum absolute atomic E-state index is 0.106. The molecule has 0 aromatic heterocycles. The third-order valence-corrected chi connectivity index (χ3v) is 3.78. The van der Waals surface area contributed by atoms with Crippen LogP contribution in [0.3, 0.4) is 0 Å². The van der Waals surface area contributed by atoms with Crippen LogP contribution in [0.1, 0.15) is 30.9 Å². The third kappa shape index (κ3) is 2.91. The van der Waals surface area contributed by atoms with Crippen LogP contribution in [0.15, 0.2) is 24.3 Å². The minimum atomic E-state index is 0.106. The molecule has 1 aromatic carbocycles. The highest BCUT2D eigenvalue weighted by Crippen LogP contribution is 2.26. The van der Waals surface area contributed by atoms with Gasteiger partial charge in [0, 0.05) is 12.0 Å². The van der Waals surface area contributed by atoms with Gasteiger partial charge in [0.05, 0.1) is 0 Å². The molecule has 3 heteroatoms. The van der Waals surface area contributed by atoms with Crippen molar-refractivity contribution >= 4 is 5.91 Å². The van der Waals surface area contributed by atoms with Crippen molar-refractivity contribution in [2.24, 2.45) is 11.7 Å². The first-order valence-corrected chi connectivity index (χ1v) is 6.81. The largest absolute Gasteiger partial charge is 0.353 e. The molecular weight excluding hydrogens is 224 g/mol. The highest BCUT2D eigenvalue weighted by Gasteiger charge is 2.27. The fourth-order valence-electron chi connectivity index (χ4n) is 2.64. The van der Waals surface area contributed by atoms with E-state index in [1.807, 2.05) is 12.1 Å². The first-order valence-electron chi connectivity index (χ1n) is 6.81. The first-order chi connectivity index (χ1) is 8.74. The lowest BCUT2D eigenvalue weighted by Gasteiger charge is -2.18. The van der Waals surface area contributed by atoms with Gasteiger partial charge in [-0.1, -0.05) is 31.2 Å². The second kappa shape index (κ2) is 6.01. The van der Waals surface area contributed by atoms with Gasteiger partial charge in [0.2, 0.25) is 5.91 Å². The summed E-state index contributed by atoms with van der Waals surface area (Å²) in [6.45, 7) is 2.72. The second-order valence-electron chi connectivity index (χ2n) is 5.06. The Morgan fingerprint density at radius 2 is 2.00 bits per heavy atom. The summed E-state index contributed by atoms with van der Waals surface area (Å²) >= 11 is 0. The van der Waals surface area contributed by atoms with Gasteiger partial charge in [0.15, 0.2) is 0 Å². The summed E-state index contributed by atoms with van der Waals surface area (Å²) in [5, 5.41) is 3.13. The zero-order valence-corrected chi connectivity index (χ0v) is 11.0. The molecule has 0 aliphatic heterocycles. The molecule has 18 heavy (non-hydrogen) atoms. The van der Waals surface area contributed by atoms with Gasteiger partial charge >= 0.3 is 0 Å². The van der Waals surface area contributed by atoms with Gasteiger partial charge in [0.1, 0.15) is 0 Å². The number of hydrogen-bond acceptors (Lipinski definition) is 2. The molecule has 1 unspecified atom stereocenters. The Labute approximate surface area is 109 Å². The van der Waals surface area contributed by atoms with Crippen molar-refractivity contribution in [2.75, 3.05) is 6.54 Å². The van der Waals surface area contributed by atoms with Crippen molar-refractivity contribution in [3.8, 4) is 0 Å². The van der Waals surface area contributed by atoms with E-state index in [2.05, 4.69) is 24.4 Å². The number of benzene rings is 1. The molecule has 1 aliphatic carbocycles. The van der Waals surface area contributed by atoms with E-state index in [1.165, 1.54) is 11.1 Å². The summed E-state index contributed by atoms with van der Waals surface area (Å²) in [4.78, 5) is 12.2. The van der Waals surface area contributed by atoms with Gasteiger partial charge in [0.25, 0.3) is 0 Å². The van der Waals surface area contributed by atoms with Crippen molar-refractivity contribution < 1.29 is 4.79 Å². The second-order valence-corrected chi connectivity index (χ2v) is 5.06. The van der Waals surface area contributed by atoms with Gasteiger partial charge < -0.3 is 11.1 Å². The lowest BCUT2D eigenvalue weighted by Crippen LogP contribution is -2.40. The Kier molecular flexibility index (Phi) is 4.37. The Bertz CT molecular complexity index is 392. The molecule has 0 spiro atoms. The number of hydrogen-bond donors (Lipinski definition) is 2. The number of carbonyl (C=O) groups is 1. The zero-order chi connectivity index (χ0) is 13.0. The summed E-state index contributed by atoms with van der Waals surface area (Å²) < 4.78 is 0. The summed E-state index contributed by atoms with van der Waals surface area (Å²) in [5.41, 5.74) is 8.20. The average molecular weight is 246 g/mol. The Morgan fingerprint density at radius 3 is 2.50 bits per heavy atom. The van der Waals surface area contributed by atoms with Crippen LogP contribution in [0.5, 0.6) is 0 Å². The van der Waals surface area contributed by atoms with E-state index in [0.717, 1.165) is 25.7 Å². The summed E-state index contributed by atoms with van der Waals surface area (Å²) in [7, 11) is 0. The quantitative estimate of drug-likeness (QED) is 0.830. The molecule has 3 nitrogen and oxygen atoms in total. The predicted molar refractivity (Wildman–Crippen MR) is 73.2 cm³/mol. The highest BCUT2D eigenvalue weighted by atomic mass is 16.1. The molecule has 0 bridgehead atoms. The number of carbonyl (C=O) groups excluding carboxylic acids is 1. The maximum Gasteiger partial charge on any atom is 0.223 e. The monoisotopic (exact) mass is 246 g/mol. The Balaban J connectivity index is 1.92. The van der Waals surface area contributed by atoms with Gasteiger partial charge in [-0.15, -0.1) is 0 Å². The fourth-order valence-corrected chi connectivity index (χ4v) is 2.64. The van der Waals surface area contributed by atoms with Crippen molar-refractivity contribution in [3.05, 3.63) is 35.4 Å². The van der Waals surface area contributed by atoms with Crippen LogP contribution in [-0.4, -0.2) is 18.5 Å². The lowest BCUT2D eigenvalue weighted by atomic mass is 10.0. The smallest absolute Gasteiger partial charge is 0.223 e. The van der Waals surface area contributed by atoms with Crippen molar-refractivity contribution in [1.29, 1.82) is 0 Å². The number of amides is 1. The maximum absolute atomic E-state index is 12.2. The summed E-state index contributed by atoms with van der Waals surface area (Å²) in [6, 6.07) is 8.57. The van der Waals surface area contributed by atoms with Crippen molar-refractivity contribution in [3.63, 3.8) is 0 Å². The van der Waals surface area contributed by atoms with E-state index >= 15 is 0 Å². The normalized spacial score (nSPS) is 16.3. The van der Waals surface area contributed by atoms with Gasteiger partial charge in [-0.05, 0) is 43.4 Å². The van der Waals surface area contributed by atoms with Crippen LogP contribution in [0.2, 0.25) is 0 Å². The number of nitrogens with one attached hydrogen (secondary N) is 1. The molecule has 1 aliphatic rings. The molecule has 0 heterocycles. The van der Waals surface area contributed by atoms with Gasteiger partial charge in [-0.2, -0.15) is 0 Å². The zero-order valence-electron chi connectivity index (χ0n) is 11.0. The molecule has 1 amide bonds. The molecule has 98 valence electrons.